The lowest BCUT2D eigenvalue weighted by Crippen LogP contribution is -2.38. The van der Waals surface area contributed by atoms with E-state index in [1.54, 1.807) is 0 Å². The van der Waals surface area contributed by atoms with Crippen LogP contribution in [0.15, 0.2) is 0 Å². The maximum Gasteiger partial charge on any atom is 0.171 e. The number of nitrogens with zero attached hydrogens (tertiary/aromatic N) is 4. The lowest BCUT2D eigenvalue weighted by molar-refractivity contribution is 0.0709. The summed E-state index contributed by atoms with van der Waals surface area (Å²) < 4.78 is 7.25. The molecule has 0 aliphatic carbocycles. The van der Waals surface area contributed by atoms with Gasteiger partial charge in [0.15, 0.2) is 5.82 Å². The van der Waals surface area contributed by atoms with Crippen molar-refractivity contribution in [3.63, 3.8) is 0 Å². The first-order chi connectivity index (χ1) is 7.09. The van der Waals surface area contributed by atoms with Gasteiger partial charge in [0.2, 0.25) is 0 Å². The molecule has 2 heterocycles. The fourth-order valence-corrected chi connectivity index (χ4v) is 1.62. The van der Waals surface area contributed by atoms with Gasteiger partial charge in [0, 0.05) is 6.54 Å². The highest BCUT2D eigenvalue weighted by atomic mass is 16.5. The van der Waals surface area contributed by atoms with Gasteiger partial charge in [0.25, 0.3) is 0 Å². The molecular weight excluding hydrogens is 194 g/mol. The van der Waals surface area contributed by atoms with Crippen LogP contribution in [0.1, 0.15) is 32.6 Å². The third kappa shape index (κ3) is 2.15. The minimum atomic E-state index is -0.0992. The average Bonchev–Trinajstić information content (AvgIpc) is 2.67. The third-order valence-electron chi connectivity index (χ3n) is 2.36. The molecule has 1 saturated heterocycles. The molecule has 0 spiro atoms. The van der Waals surface area contributed by atoms with E-state index in [-0.39, 0.29) is 11.6 Å². The molecule has 1 N–H and O–H groups in total. The molecule has 0 amide bonds. The lowest BCUT2D eigenvalue weighted by atomic mass is 10.1. The van der Waals surface area contributed by atoms with Gasteiger partial charge in [0.1, 0.15) is 0 Å². The first-order valence-corrected chi connectivity index (χ1v) is 5.19. The Morgan fingerprint density at radius 2 is 2.27 bits per heavy atom. The number of nitrogens with one attached hydrogen (secondary N) is 1. The second-order valence-electron chi connectivity index (χ2n) is 4.70. The molecule has 0 radical (unpaired) electrons. The Labute approximate surface area is 89.0 Å². The SMILES string of the molecule is CC(C)(C)n1nnnc1C1COCCN1. The first kappa shape index (κ1) is 10.5. The van der Waals surface area contributed by atoms with E-state index in [2.05, 4.69) is 41.6 Å². The van der Waals surface area contributed by atoms with Crippen LogP contribution in [0.3, 0.4) is 0 Å². The van der Waals surface area contributed by atoms with Crippen molar-refractivity contribution in [1.82, 2.24) is 25.5 Å². The van der Waals surface area contributed by atoms with Gasteiger partial charge in [-0.3, -0.25) is 0 Å². The molecule has 0 aromatic carbocycles. The van der Waals surface area contributed by atoms with Crippen LogP contribution >= 0.6 is 0 Å². The van der Waals surface area contributed by atoms with Crippen LogP contribution in [-0.2, 0) is 10.3 Å². The zero-order valence-corrected chi connectivity index (χ0v) is 9.40. The molecule has 84 valence electrons. The summed E-state index contributed by atoms with van der Waals surface area (Å²) in [6, 6.07) is 0.105. The standard InChI is InChI=1S/C9H17N5O/c1-9(2,3)14-8(11-12-13-14)7-6-15-5-4-10-7/h7,10H,4-6H2,1-3H3. The summed E-state index contributed by atoms with van der Waals surface area (Å²) >= 11 is 0. The summed E-state index contributed by atoms with van der Waals surface area (Å²) in [4.78, 5) is 0. The van der Waals surface area contributed by atoms with E-state index in [0.29, 0.717) is 6.61 Å². The Kier molecular flexibility index (Phi) is 2.70. The van der Waals surface area contributed by atoms with Crippen LogP contribution in [0.5, 0.6) is 0 Å². The van der Waals surface area contributed by atoms with Crippen molar-refractivity contribution in [3.8, 4) is 0 Å². The molecular formula is C9H17N5O. The van der Waals surface area contributed by atoms with E-state index in [9.17, 15) is 0 Å². The molecule has 6 nitrogen and oxygen atoms in total. The van der Waals surface area contributed by atoms with Crippen molar-refractivity contribution >= 4 is 0 Å². The Balaban J connectivity index is 2.24. The highest BCUT2D eigenvalue weighted by Crippen LogP contribution is 2.19. The normalized spacial score (nSPS) is 23.0. The number of ether oxygens (including phenoxy) is 1. The molecule has 1 atom stereocenters. The zero-order chi connectivity index (χ0) is 10.9. The van der Waals surface area contributed by atoms with Gasteiger partial charge in [-0.2, -0.15) is 0 Å². The van der Waals surface area contributed by atoms with E-state index >= 15 is 0 Å². The van der Waals surface area contributed by atoms with E-state index in [1.807, 2.05) is 4.68 Å². The molecule has 6 heteroatoms. The van der Waals surface area contributed by atoms with E-state index in [1.165, 1.54) is 0 Å². The van der Waals surface area contributed by atoms with Crippen molar-refractivity contribution < 1.29 is 4.74 Å². The first-order valence-electron chi connectivity index (χ1n) is 5.19. The second-order valence-corrected chi connectivity index (χ2v) is 4.70. The van der Waals surface area contributed by atoms with Gasteiger partial charge in [-0.25, -0.2) is 4.68 Å². The maximum atomic E-state index is 5.40. The summed E-state index contributed by atoms with van der Waals surface area (Å²) in [5, 5.41) is 15.2. The van der Waals surface area contributed by atoms with Gasteiger partial charge in [-0.05, 0) is 31.2 Å². The minimum absolute atomic E-state index is 0.0992. The summed E-state index contributed by atoms with van der Waals surface area (Å²) in [7, 11) is 0. The molecule has 1 aromatic rings. The predicted octanol–water partition coefficient (Wildman–Crippen LogP) is 0.0890. The number of hydrogen-bond acceptors (Lipinski definition) is 5. The number of tetrazole rings is 1. The summed E-state index contributed by atoms with van der Waals surface area (Å²) in [6.07, 6.45) is 0. The van der Waals surface area contributed by atoms with Crippen molar-refractivity contribution in [2.24, 2.45) is 0 Å². The van der Waals surface area contributed by atoms with E-state index in [0.717, 1.165) is 19.0 Å². The molecule has 0 bridgehead atoms. The minimum Gasteiger partial charge on any atom is -0.378 e. The summed E-state index contributed by atoms with van der Waals surface area (Å²) in [5.41, 5.74) is -0.0992. The fourth-order valence-electron chi connectivity index (χ4n) is 1.62. The van der Waals surface area contributed by atoms with Crippen molar-refractivity contribution in [1.29, 1.82) is 0 Å². The van der Waals surface area contributed by atoms with Gasteiger partial charge < -0.3 is 10.1 Å². The molecule has 1 unspecified atom stereocenters. The number of rotatable bonds is 1. The van der Waals surface area contributed by atoms with Gasteiger partial charge >= 0.3 is 0 Å². The molecule has 1 aliphatic heterocycles. The topological polar surface area (TPSA) is 64.9 Å². The van der Waals surface area contributed by atoms with Crippen molar-refractivity contribution in [3.05, 3.63) is 5.82 Å². The zero-order valence-electron chi connectivity index (χ0n) is 9.40. The predicted molar refractivity (Wildman–Crippen MR) is 54.4 cm³/mol. The van der Waals surface area contributed by atoms with Crippen molar-refractivity contribution in [2.75, 3.05) is 19.8 Å². The smallest absolute Gasteiger partial charge is 0.171 e. The highest BCUT2D eigenvalue weighted by molar-refractivity contribution is 4.96. The molecule has 1 aliphatic rings. The van der Waals surface area contributed by atoms with Gasteiger partial charge in [-0.15, -0.1) is 5.10 Å². The number of morpholine rings is 1. The fraction of sp³-hybridized carbons (Fsp3) is 0.889. The number of hydrogen-bond donors (Lipinski definition) is 1. The summed E-state index contributed by atoms with van der Waals surface area (Å²) in [5.74, 6) is 0.849. The maximum absolute atomic E-state index is 5.40. The monoisotopic (exact) mass is 211 g/mol. The molecule has 1 aromatic heterocycles. The van der Waals surface area contributed by atoms with E-state index in [4.69, 9.17) is 4.74 Å². The molecule has 15 heavy (non-hydrogen) atoms. The van der Waals surface area contributed by atoms with Crippen LogP contribution in [0, 0.1) is 0 Å². The average molecular weight is 211 g/mol. The third-order valence-corrected chi connectivity index (χ3v) is 2.36. The molecule has 1 fully saturated rings. The van der Waals surface area contributed by atoms with Gasteiger partial charge in [-0.1, -0.05) is 0 Å². The van der Waals surface area contributed by atoms with E-state index < -0.39 is 0 Å². The van der Waals surface area contributed by atoms with Crippen molar-refractivity contribution in [2.45, 2.75) is 32.4 Å². The van der Waals surface area contributed by atoms with Crippen LogP contribution in [-0.4, -0.2) is 40.0 Å². The Morgan fingerprint density at radius 1 is 1.47 bits per heavy atom. The largest absolute Gasteiger partial charge is 0.378 e. The van der Waals surface area contributed by atoms with Crippen LogP contribution in [0.2, 0.25) is 0 Å². The summed E-state index contributed by atoms with van der Waals surface area (Å²) in [6.45, 7) is 8.48. The quantitative estimate of drug-likeness (QED) is 0.713. The molecule has 2 rings (SSSR count). The highest BCUT2D eigenvalue weighted by Gasteiger charge is 2.26. The number of aromatic nitrogens is 4. The Bertz CT molecular complexity index is 323. The Morgan fingerprint density at radius 3 is 2.87 bits per heavy atom. The lowest BCUT2D eigenvalue weighted by Gasteiger charge is -2.26. The van der Waals surface area contributed by atoms with Crippen LogP contribution in [0.4, 0.5) is 0 Å². The molecule has 0 saturated carbocycles. The van der Waals surface area contributed by atoms with Crippen LogP contribution in [0.25, 0.3) is 0 Å². The van der Waals surface area contributed by atoms with Gasteiger partial charge in [0.05, 0.1) is 24.8 Å². The second kappa shape index (κ2) is 3.86. The van der Waals surface area contributed by atoms with Crippen LogP contribution < -0.4 is 5.32 Å². The Hall–Kier alpha value is -1.01.